The van der Waals surface area contributed by atoms with E-state index in [0.29, 0.717) is 5.69 Å². The van der Waals surface area contributed by atoms with Crippen molar-refractivity contribution >= 4 is 34.4 Å². The van der Waals surface area contributed by atoms with Crippen LogP contribution < -0.4 is 4.90 Å². The first kappa shape index (κ1) is 17.0. The van der Waals surface area contributed by atoms with Crippen LogP contribution in [0.2, 0.25) is 0 Å². The molecule has 3 aliphatic heterocycles. The van der Waals surface area contributed by atoms with E-state index in [1.807, 2.05) is 83.9 Å². The van der Waals surface area contributed by atoms with Gasteiger partial charge >= 0.3 is 0 Å². The maximum absolute atomic E-state index is 13.6. The van der Waals surface area contributed by atoms with E-state index in [0.717, 1.165) is 21.9 Å². The van der Waals surface area contributed by atoms with E-state index in [9.17, 15) is 14.9 Å². The first-order valence-corrected chi connectivity index (χ1v) is 10.00. The second-order valence-electron chi connectivity index (χ2n) is 8.01. The summed E-state index contributed by atoms with van der Waals surface area (Å²) in [5, 5.41) is 11.9. The van der Waals surface area contributed by atoms with Gasteiger partial charge in [0, 0.05) is 6.20 Å². The van der Waals surface area contributed by atoms with E-state index in [2.05, 4.69) is 6.07 Å². The molecule has 0 unspecified atom stereocenters. The van der Waals surface area contributed by atoms with Crippen LogP contribution in [0.25, 0.3) is 16.8 Å². The van der Waals surface area contributed by atoms with Crippen molar-refractivity contribution < 1.29 is 9.59 Å². The molecule has 0 radical (unpaired) electrons. The predicted molar refractivity (Wildman–Crippen MR) is 113 cm³/mol. The molecule has 2 saturated heterocycles. The Morgan fingerprint density at radius 2 is 1.57 bits per heavy atom. The summed E-state index contributed by atoms with van der Waals surface area (Å²) in [7, 11) is 0. The third-order valence-corrected chi connectivity index (χ3v) is 6.59. The second kappa shape index (κ2) is 6.04. The van der Waals surface area contributed by atoms with Crippen LogP contribution in [0.4, 0.5) is 5.69 Å². The third-order valence-electron chi connectivity index (χ3n) is 6.59. The van der Waals surface area contributed by atoms with Crippen LogP contribution in [0.3, 0.4) is 0 Å². The first-order chi connectivity index (χ1) is 14.7. The van der Waals surface area contributed by atoms with Crippen molar-refractivity contribution in [3.63, 3.8) is 0 Å². The lowest BCUT2D eigenvalue weighted by molar-refractivity contribution is -0.123. The zero-order chi connectivity index (χ0) is 20.4. The van der Waals surface area contributed by atoms with Gasteiger partial charge in [-0.1, -0.05) is 54.6 Å². The zero-order valence-electron chi connectivity index (χ0n) is 16.0. The van der Waals surface area contributed by atoms with Crippen molar-refractivity contribution in [2.75, 3.05) is 4.90 Å². The predicted octanol–water partition coefficient (Wildman–Crippen LogP) is 3.88. The minimum absolute atomic E-state index is 0.224. The maximum atomic E-state index is 13.6. The number of imide groups is 1. The molecule has 30 heavy (non-hydrogen) atoms. The van der Waals surface area contributed by atoms with Crippen molar-refractivity contribution in [1.82, 2.24) is 4.90 Å². The molecule has 0 bridgehead atoms. The van der Waals surface area contributed by atoms with Gasteiger partial charge in [-0.05, 0) is 40.1 Å². The third kappa shape index (κ3) is 2.11. The van der Waals surface area contributed by atoms with E-state index < -0.39 is 17.9 Å². The van der Waals surface area contributed by atoms with Gasteiger partial charge in [-0.3, -0.25) is 9.59 Å². The minimum Gasteiger partial charge on any atom is -0.353 e. The van der Waals surface area contributed by atoms with Gasteiger partial charge in [-0.25, -0.2) is 4.90 Å². The number of benzene rings is 3. The van der Waals surface area contributed by atoms with Crippen LogP contribution in [0.1, 0.15) is 17.2 Å². The van der Waals surface area contributed by atoms with Crippen LogP contribution in [-0.4, -0.2) is 22.8 Å². The Kier molecular flexibility index (Phi) is 3.42. The van der Waals surface area contributed by atoms with Crippen molar-refractivity contribution in [2.45, 2.75) is 12.1 Å². The lowest BCUT2D eigenvalue weighted by Crippen LogP contribution is -2.40. The molecule has 3 aliphatic rings. The summed E-state index contributed by atoms with van der Waals surface area (Å²) in [5.41, 5.74) is 2.59. The molecular formula is C25H17N3O2. The number of anilines is 1. The van der Waals surface area contributed by atoms with Crippen LogP contribution in [0, 0.1) is 23.2 Å². The lowest BCUT2D eigenvalue weighted by atomic mass is 9.85. The largest absolute Gasteiger partial charge is 0.353 e. The fourth-order valence-electron chi connectivity index (χ4n) is 5.28. The number of hydrogen-bond donors (Lipinski definition) is 0. The van der Waals surface area contributed by atoms with E-state index >= 15 is 0 Å². The molecule has 3 heterocycles. The van der Waals surface area contributed by atoms with Crippen LogP contribution >= 0.6 is 0 Å². The summed E-state index contributed by atoms with van der Waals surface area (Å²) in [4.78, 5) is 30.3. The van der Waals surface area contributed by atoms with Gasteiger partial charge in [-0.15, -0.1) is 0 Å². The Morgan fingerprint density at radius 3 is 2.40 bits per heavy atom. The summed E-state index contributed by atoms with van der Waals surface area (Å²) in [6, 6.07) is 22.7. The highest BCUT2D eigenvalue weighted by Gasteiger charge is 2.63. The fourth-order valence-corrected chi connectivity index (χ4v) is 5.28. The second-order valence-corrected chi connectivity index (χ2v) is 8.01. The molecule has 2 fully saturated rings. The van der Waals surface area contributed by atoms with Crippen LogP contribution in [-0.2, 0) is 9.59 Å². The highest BCUT2D eigenvalue weighted by molar-refractivity contribution is 6.23. The van der Waals surface area contributed by atoms with Gasteiger partial charge in [0.15, 0.2) is 0 Å². The molecule has 4 atom stereocenters. The zero-order valence-corrected chi connectivity index (χ0v) is 16.0. The molecule has 0 aliphatic carbocycles. The Morgan fingerprint density at radius 1 is 0.833 bits per heavy atom. The fraction of sp³-hybridized carbons (Fsp3) is 0.160. The molecule has 0 aromatic heterocycles. The number of carbonyl (C=O) groups excluding carboxylic acids is 2. The molecule has 144 valence electrons. The number of hydrogen-bond acceptors (Lipinski definition) is 4. The SMILES string of the molecule is N#C[C@H]1[C@H]2C(=O)N(c3ccc4ccccc4c3)C(=O)[C@H]2[C@H]2c3ccccc3C=CN21. The molecule has 0 N–H and O–H groups in total. The molecule has 0 spiro atoms. The monoisotopic (exact) mass is 391 g/mol. The van der Waals surface area contributed by atoms with Gasteiger partial charge in [-0.2, -0.15) is 5.26 Å². The number of nitriles is 1. The Labute approximate surface area is 173 Å². The first-order valence-electron chi connectivity index (χ1n) is 10.00. The number of fused-ring (bicyclic) bond motifs is 6. The number of amides is 2. The van der Waals surface area contributed by atoms with Crippen molar-refractivity contribution in [3.05, 3.63) is 84.1 Å². The molecule has 5 heteroatoms. The molecule has 5 nitrogen and oxygen atoms in total. The normalized spacial score (nSPS) is 26.5. The Hall–Kier alpha value is -3.91. The Balaban J connectivity index is 1.48. The topological polar surface area (TPSA) is 64.4 Å². The summed E-state index contributed by atoms with van der Waals surface area (Å²) in [6.07, 6.45) is 3.81. The molecule has 3 aromatic carbocycles. The van der Waals surface area contributed by atoms with Crippen molar-refractivity contribution in [3.8, 4) is 6.07 Å². The number of carbonyl (C=O) groups is 2. The summed E-state index contributed by atoms with van der Waals surface area (Å²) < 4.78 is 0. The van der Waals surface area contributed by atoms with Gasteiger partial charge in [0.1, 0.15) is 6.04 Å². The quantitative estimate of drug-likeness (QED) is 0.591. The highest BCUT2D eigenvalue weighted by atomic mass is 16.2. The molecule has 2 amide bonds. The van der Waals surface area contributed by atoms with Gasteiger partial charge in [0.25, 0.3) is 0 Å². The van der Waals surface area contributed by atoms with Gasteiger partial charge < -0.3 is 4.90 Å². The molecule has 6 rings (SSSR count). The van der Waals surface area contributed by atoms with E-state index in [-0.39, 0.29) is 17.9 Å². The van der Waals surface area contributed by atoms with E-state index in [4.69, 9.17) is 0 Å². The summed E-state index contributed by atoms with van der Waals surface area (Å²) in [5.74, 6) is -1.75. The minimum atomic E-state index is -0.672. The standard InChI is InChI=1S/C25H17N3O2/c26-14-20-21-22(23-19-8-4-3-6-16(19)11-12-27(20)23)25(30)28(24(21)29)18-10-9-15-5-1-2-7-17(15)13-18/h1-13,20-23H/t20-,21+,22+,23+/m0/s1. The number of rotatable bonds is 1. The van der Waals surface area contributed by atoms with E-state index in [1.54, 1.807) is 0 Å². The van der Waals surface area contributed by atoms with Crippen LogP contribution in [0.15, 0.2) is 72.9 Å². The Bertz CT molecular complexity index is 1300. The maximum Gasteiger partial charge on any atom is 0.240 e. The van der Waals surface area contributed by atoms with Crippen LogP contribution in [0.5, 0.6) is 0 Å². The average molecular weight is 391 g/mol. The van der Waals surface area contributed by atoms with Gasteiger partial charge in [0.2, 0.25) is 11.8 Å². The van der Waals surface area contributed by atoms with E-state index in [1.165, 1.54) is 4.90 Å². The van der Waals surface area contributed by atoms with Gasteiger partial charge in [0.05, 0.1) is 29.6 Å². The number of nitrogens with zero attached hydrogens (tertiary/aromatic N) is 3. The highest BCUT2D eigenvalue weighted by Crippen LogP contribution is 2.52. The average Bonchev–Trinajstić information content (AvgIpc) is 3.25. The molecular weight excluding hydrogens is 374 g/mol. The van der Waals surface area contributed by atoms with Crippen molar-refractivity contribution in [1.29, 1.82) is 5.26 Å². The lowest BCUT2D eigenvalue weighted by Gasteiger charge is -2.33. The molecule has 0 saturated carbocycles. The smallest absolute Gasteiger partial charge is 0.240 e. The summed E-state index contributed by atoms with van der Waals surface area (Å²) >= 11 is 0. The van der Waals surface area contributed by atoms with Crippen molar-refractivity contribution in [2.24, 2.45) is 11.8 Å². The molecule has 3 aromatic rings. The summed E-state index contributed by atoms with van der Waals surface area (Å²) in [6.45, 7) is 0.